The van der Waals surface area contributed by atoms with Gasteiger partial charge in [0.2, 0.25) is 0 Å². The zero-order valence-electron chi connectivity index (χ0n) is 11.2. The predicted molar refractivity (Wildman–Crippen MR) is 81.2 cm³/mol. The van der Waals surface area contributed by atoms with Gasteiger partial charge in [-0.3, -0.25) is 0 Å². The SMILES string of the molecule is c1ccc(P2CCC[C@H]2CN2CCCCC2)cc1. The zero-order chi connectivity index (χ0) is 12.2. The van der Waals surface area contributed by atoms with E-state index < -0.39 is 0 Å². The molecule has 1 aromatic carbocycles. The summed E-state index contributed by atoms with van der Waals surface area (Å²) in [6, 6.07) is 11.3. The Morgan fingerprint density at radius 3 is 2.56 bits per heavy atom. The van der Waals surface area contributed by atoms with Gasteiger partial charge in [-0.25, -0.2) is 0 Å². The van der Waals surface area contributed by atoms with Gasteiger partial charge in [0, 0.05) is 6.54 Å². The molecule has 0 aromatic heterocycles. The van der Waals surface area contributed by atoms with Crippen LogP contribution in [0.25, 0.3) is 0 Å². The fraction of sp³-hybridized carbons (Fsp3) is 0.625. The topological polar surface area (TPSA) is 3.24 Å². The molecule has 0 bridgehead atoms. The monoisotopic (exact) mass is 261 g/mol. The number of hydrogen-bond donors (Lipinski definition) is 0. The number of piperidine rings is 1. The van der Waals surface area contributed by atoms with E-state index in [1.807, 2.05) is 0 Å². The summed E-state index contributed by atoms with van der Waals surface area (Å²) in [7, 11) is 0.130. The maximum absolute atomic E-state index is 2.73. The van der Waals surface area contributed by atoms with E-state index in [0.717, 1.165) is 5.66 Å². The normalized spacial score (nSPS) is 29.6. The molecule has 98 valence electrons. The van der Waals surface area contributed by atoms with E-state index in [9.17, 15) is 0 Å². The number of hydrogen-bond acceptors (Lipinski definition) is 1. The molecule has 2 saturated heterocycles. The average molecular weight is 261 g/mol. The van der Waals surface area contributed by atoms with Crippen LogP contribution in [-0.2, 0) is 0 Å². The molecule has 0 N–H and O–H groups in total. The van der Waals surface area contributed by atoms with Crippen LogP contribution in [0.5, 0.6) is 0 Å². The van der Waals surface area contributed by atoms with Crippen molar-refractivity contribution in [3.8, 4) is 0 Å². The summed E-state index contributed by atoms with van der Waals surface area (Å²) in [5.74, 6) is 0. The Kier molecular flexibility index (Phi) is 4.33. The average Bonchev–Trinajstić information content (AvgIpc) is 2.89. The van der Waals surface area contributed by atoms with Crippen LogP contribution in [0.1, 0.15) is 32.1 Å². The van der Waals surface area contributed by atoms with Gasteiger partial charge in [0.25, 0.3) is 0 Å². The summed E-state index contributed by atoms with van der Waals surface area (Å²) < 4.78 is 0. The molecule has 2 heteroatoms. The second-order valence-corrected chi connectivity index (χ2v) is 8.32. The van der Waals surface area contributed by atoms with Gasteiger partial charge >= 0.3 is 0 Å². The quantitative estimate of drug-likeness (QED) is 0.753. The fourth-order valence-electron chi connectivity index (χ4n) is 3.42. The summed E-state index contributed by atoms with van der Waals surface area (Å²) in [5.41, 5.74) is 0.973. The van der Waals surface area contributed by atoms with E-state index in [1.54, 1.807) is 5.30 Å². The van der Waals surface area contributed by atoms with Crippen molar-refractivity contribution in [2.75, 3.05) is 25.8 Å². The van der Waals surface area contributed by atoms with Gasteiger partial charge in [0.05, 0.1) is 0 Å². The van der Waals surface area contributed by atoms with Crippen molar-refractivity contribution in [3.63, 3.8) is 0 Å². The molecular formula is C16H24NP. The zero-order valence-corrected chi connectivity index (χ0v) is 12.1. The van der Waals surface area contributed by atoms with Crippen LogP contribution >= 0.6 is 7.92 Å². The fourth-order valence-corrected chi connectivity index (χ4v) is 6.47. The standard InChI is InChI=1S/C16H24NP/c1-3-8-15(9-4-1)18-13-7-10-16(18)14-17-11-5-2-6-12-17/h1,3-4,8-9,16H,2,5-7,10-14H2/t16-,18?/m0/s1. The summed E-state index contributed by atoms with van der Waals surface area (Å²) in [4.78, 5) is 2.73. The largest absolute Gasteiger partial charge is 0.303 e. The van der Waals surface area contributed by atoms with Gasteiger partial charge in [-0.1, -0.05) is 44.7 Å². The van der Waals surface area contributed by atoms with Crippen molar-refractivity contribution in [2.45, 2.75) is 37.8 Å². The highest BCUT2D eigenvalue weighted by Crippen LogP contribution is 2.49. The minimum Gasteiger partial charge on any atom is -0.303 e. The molecule has 0 aliphatic carbocycles. The van der Waals surface area contributed by atoms with Crippen LogP contribution < -0.4 is 5.30 Å². The lowest BCUT2D eigenvalue weighted by Crippen LogP contribution is -2.35. The first-order chi connectivity index (χ1) is 8.93. The van der Waals surface area contributed by atoms with Crippen LogP contribution in [0, 0.1) is 0 Å². The molecule has 1 nitrogen and oxygen atoms in total. The molecule has 2 aliphatic rings. The van der Waals surface area contributed by atoms with Crippen LogP contribution in [0.3, 0.4) is 0 Å². The number of likely N-dealkylation sites (tertiary alicyclic amines) is 1. The van der Waals surface area contributed by atoms with Gasteiger partial charge in [0.1, 0.15) is 0 Å². The molecule has 0 saturated carbocycles. The molecule has 0 amide bonds. The van der Waals surface area contributed by atoms with Crippen LogP contribution in [-0.4, -0.2) is 36.4 Å². The Labute approximate surface area is 112 Å². The lowest BCUT2D eigenvalue weighted by atomic mass is 10.1. The first-order valence-corrected chi connectivity index (χ1v) is 9.07. The van der Waals surface area contributed by atoms with Gasteiger partial charge in [0.15, 0.2) is 0 Å². The van der Waals surface area contributed by atoms with Crippen LogP contribution in [0.15, 0.2) is 30.3 Å². The highest BCUT2D eigenvalue weighted by atomic mass is 31.1. The highest BCUT2D eigenvalue weighted by Gasteiger charge is 2.29. The molecule has 1 aromatic rings. The summed E-state index contributed by atoms with van der Waals surface area (Å²) >= 11 is 0. The third-order valence-electron chi connectivity index (χ3n) is 4.38. The van der Waals surface area contributed by atoms with E-state index >= 15 is 0 Å². The Morgan fingerprint density at radius 1 is 1.00 bits per heavy atom. The van der Waals surface area contributed by atoms with E-state index in [4.69, 9.17) is 0 Å². The first-order valence-electron chi connectivity index (χ1n) is 7.47. The van der Waals surface area contributed by atoms with Crippen molar-refractivity contribution in [1.82, 2.24) is 4.90 Å². The third-order valence-corrected chi connectivity index (χ3v) is 7.45. The van der Waals surface area contributed by atoms with Crippen molar-refractivity contribution in [1.29, 1.82) is 0 Å². The number of rotatable bonds is 3. The molecular weight excluding hydrogens is 237 g/mol. The molecule has 2 aliphatic heterocycles. The van der Waals surface area contributed by atoms with Crippen molar-refractivity contribution in [3.05, 3.63) is 30.3 Å². The molecule has 2 atom stereocenters. The molecule has 2 fully saturated rings. The van der Waals surface area contributed by atoms with Crippen molar-refractivity contribution in [2.24, 2.45) is 0 Å². The Bertz CT molecular complexity index is 359. The maximum Gasteiger partial charge on any atom is 0.00521 e. The molecule has 3 rings (SSSR count). The molecule has 1 unspecified atom stereocenters. The Balaban J connectivity index is 1.64. The maximum atomic E-state index is 2.73. The van der Waals surface area contributed by atoms with Crippen LogP contribution in [0.4, 0.5) is 0 Å². The van der Waals surface area contributed by atoms with Gasteiger partial charge in [-0.05, 0) is 55.9 Å². The number of benzene rings is 1. The molecule has 2 heterocycles. The first kappa shape index (κ1) is 12.6. The molecule has 18 heavy (non-hydrogen) atoms. The second-order valence-electron chi connectivity index (χ2n) is 5.69. The van der Waals surface area contributed by atoms with E-state index in [0.29, 0.717) is 0 Å². The van der Waals surface area contributed by atoms with E-state index in [2.05, 4.69) is 35.2 Å². The van der Waals surface area contributed by atoms with Gasteiger partial charge < -0.3 is 4.90 Å². The lowest BCUT2D eigenvalue weighted by Gasteiger charge is -2.31. The van der Waals surface area contributed by atoms with Crippen LogP contribution in [0.2, 0.25) is 0 Å². The van der Waals surface area contributed by atoms with Gasteiger partial charge in [-0.15, -0.1) is 0 Å². The van der Waals surface area contributed by atoms with E-state index in [1.165, 1.54) is 57.9 Å². The second kappa shape index (κ2) is 6.17. The van der Waals surface area contributed by atoms with Gasteiger partial charge in [-0.2, -0.15) is 0 Å². The summed E-state index contributed by atoms with van der Waals surface area (Å²) in [6.07, 6.45) is 8.70. The summed E-state index contributed by atoms with van der Waals surface area (Å²) in [6.45, 7) is 4.09. The lowest BCUT2D eigenvalue weighted by molar-refractivity contribution is 0.228. The number of nitrogens with zero attached hydrogens (tertiary/aromatic N) is 1. The Morgan fingerprint density at radius 2 is 1.78 bits per heavy atom. The van der Waals surface area contributed by atoms with E-state index in [-0.39, 0.29) is 7.92 Å². The van der Waals surface area contributed by atoms with Crippen molar-refractivity contribution < 1.29 is 0 Å². The molecule has 0 radical (unpaired) electrons. The predicted octanol–water partition coefficient (Wildman–Crippen LogP) is 3.44. The minimum atomic E-state index is 0.130. The molecule has 0 spiro atoms. The Hall–Kier alpha value is -0.390. The smallest absolute Gasteiger partial charge is 0.00521 e. The summed E-state index contributed by atoms with van der Waals surface area (Å²) in [5, 5.41) is 1.65. The third kappa shape index (κ3) is 2.95. The highest BCUT2D eigenvalue weighted by molar-refractivity contribution is 7.66. The van der Waals surface area contributed by atoms with Crippen molar-refractivity contribution >= 4 is 13.2 Å². The minimum absolute atomic E-state index is 0.130.